The summed E-state index contributed by atoms with van der Waals surface area (Å²) in [4.78, 5) is 24.6. The Bertz CT molecular complexity index is 233. The normalized spacial score (nSPS) is 21.8. The number of amides is 1. The number of rotatable bonds is 1. The number of hydrogen-bond acceptors (Lipinski definition) is 2. The average Bonchev–Trinajstić information content (AvgIpc) is 2.08. The monoisotopic (exact) mass is 183 g/mol. The largest absolute Gasteiger partial charge is 0.341 e. The summed E-state index contributed by atoms with van der Waals surface area (Å²) in [6.45, 7) is 6.86. The summed E-state index contributed by atoms with van der Waals surface area (Å²) in [6.07, 6.45) is 1.04. The van der Waals surface area contributed by atoms with Gasteiger partial charge in [0.1, 0.15) is 5.78 Å². The van der Waals surface area contributed by atoms with Gasteiger partial charge in [0.15, 0.2) is 0 Å². The van der Waals surface area contributed by atoms with Crippen LogP contribution in [-0.2, 0) is 9.59 Å². The molecule has 0 aromatic rings. The summed E-state index contributed by atoms with van der Waals surface area (Å²) in [7, 11) is 0. The minimum Gasteiger partial charge on any atom is -0.341 e. The first-order valence-electron chi connectivity index (χ1n) is 4.78. The van der Waals surface area contributed by atoms with Gasteiger partial charge in [0, 0.05) is 31.3 Å². The summed E-state index contributed by atoms with van der Waals surface area (Å²) >= 11 is 0. The molecule has 0 radical (unpaired) electrons. The first kappa shape index (κ1) is 10.2. The van der Waals surface area contributed by atoms with Crippen molar-refractivity contribution in [3.8, 4) is 0 Å². The molecule has 0 aromatic carbocycles. The molecule has 0 aromatic heterocycles. The van der Waals surface area contributed by atoms with Crippen molar-refractivity contribution in [1.82, 2.24) is 4.90 Å². The molecule has 0 saturated carbocycles. The molecule has 74 valence electrons. The lowest BCUT2D eigenvalue weighted by Gasteiger charge is -2.36. The Labute approximate surface area is 79.1 Å². The Morgan fingerprint density at radius 2 is 2.15 bits per heavy atom. The van der Waals surface area contributed by atoms with Gasteiger partial charge in [0.25, 0.3) is 0 Å². The van der Waals surface area contributed by atoms with E-state index in [-0.39, 0.29) is 17.1 Å². The molecule has 0 N–H and O–H groups in total. The molecule has 1 saturated heterocycles. The summed E-state index contributed by atoms with van der Waals surface area (Å²) in [6, 6.07) is 0. The van der Waals surface area contributed by atoms with E-state index in [2.05, 4.69) is 0 Å². The second-order valence-corrected chi connectivity index (χ2v) is 4.23. The molecule has 1 amide bonds. The molecule has 3 heteroatoms. The highest BCUT2D eigenvalue weighted by Gasteiger charge is 2.35. The van der Waals surface area contributed by atoms with E-state index in [9.17, 15) is 9.59 Å². The van der Waals surface area contributed by atoms with Crippen molar-refractivity contribution in [2.45, 2.75) is 33.6 Å². The van der Waals surface area contributed by atoms with Crippen LogP contribution in [0.15, 0.2) is 0 Å². The van der Waals surface area contributed by atoms with E-state index in [4.69, 9.17) is 0 Å². The number of likely N-dealkylation sites (tertiary alicyclic amines) is 1. The third-order valence-corrected chi connectivity index (χ3v) is 2.60. The van der Waals surface area contributed by atoms with Crippen molar-refractivity contribution in [2.75, 3.05) is 13.1 Å². The highest BCUT2D eigenvalue weighted by molar-refractivity contribution is 5.87. The number of ketones is 1. The van der Waals surface area contributed by atoms with Gasteiger partial charge in [-0.05, 0) is 0 Å². The molecule has 3 nitrogen and oxygen atoms in total. The highest BCUT2D eigenvalue weighted by Crippen LogP contribution is 2.25. The van der Waals surface area contributed by atoms with E-state index in [1.165, 1.54) is 0 Å². The van der Waals surface area contributed by atoms with E-state index in [0.29, 0.717) is 25.9 Å². The third-order valence-electron chi connectivity index (χ3n) is 2.60. The topological polar surface area (TPSA) is 37.4 Å². The maximum absolute atomic E-state index is 11.4. The van der Waals surface area contributed by atoms with Crippen molar-refractivity contribution in [2.24, 2.45) is 5.41 Å². The van der Waals surface area contributed by atoms with Gasteiger partial charge in [-0.1, -0.05) is 20.8 Å². The van der Waals surface area contributed by atoms with Crippen LogP contribution in [0.1, 0.15) is 33.6 Å². The van der Waals surface area contributed by atoms with Crippen LogP contribution in [0.2, 0.25) is 0 Å². The minimum atomic E-state index is -0.344. The Hall–Kier alpha value is -0.860. The lowest BCUT2D eigenvalue weighted by Crippen LogP contribution is -2.48. The SMILES string of the molecule is CCC(=O)N1CCC(=O)C(C)(C)C1. The number of Topliss-reactive ketones (excluding diaryl/α,β-unsaturated/α-hetero) is 1. The molecule has 13 heavy (non-hydrogen) atoms. The second-order valence-electron chi connectivity index (χ2n) is 4.23. The first-order valence-corrected chi connectivity index (χ1v) is 4.78. The highest BCUT2D eigenvalue weighted by atomic mass is 16.2. The van der Waals surface area contributed by atoms with E-state index >= 15 is 0 Å². The van der Waals surface area contributed by atoms with Crippen LogP contribution in [0, 0.1) is 5.41 Å². The Morgan fingerprint density at radius 1 is 1.54 bits per heavy atom. The molecule has 0 aliphatic carbocycles. The van der Waals surface area contributed by atoms with E-state index in [1.807, 2.05) is 20.8 Å². The van der Waals surface area contributed by atoms with Gasteiger partial charge in [-0.2, -0.15) is 0 Å². The minimum absolute atomic E-state index is 0.153. The Morgan fingerprint density at radius 3 is 2.62 bits per heavy atom. The fourth-order valence-corrected chi connectivity index (χ4v) is 1.66. The van der Waals surface area contributed by atoms with Gasteiger partial charge in [-0.3, -0.25) is 9.59 Å². The number of piperidine rings is 1. The maximum atomic E-state index is 11.4. The summed E-state index contributed by atoms with van der Waals surface area (Å²) in [5.41, 5.74) is -0.344. The van der Waals surface area contributed by atoms with E-state index < -0.39 is 0 Å². The van der Waals surface area contributed by atoms with Crippen LogP contribution >= 0.6 is 0 Å². The first-order chi connectivity index (χ1) is 5.97. The zero-order valence-electron chi connectivity index (χ0n) is 8.59. The molecule has 1 heterocycles. The number of carbonyl (C=O) groups excluding carboxylic acids is 2. The van der Waals surface area contributed by atoms with Crippen molar-refractivity contribution in [3.63, 3.8) is 0 Å². The molecule has 1 aliphatic heterocycles. The predicted molar refractivity (Wildman–Crippen MR) is 50.3 cm³/mol. The second kappa shape index (κ2) is 3.48. The van der Waals surface area contributed by atoms with E-state index in [1.54, 1.807) is 4.90 Å². The molecule has 1 fully saturated rings. The standard InChI is InChI=1S/C10H17NO2/c1-4-9(13)11-6-5-8(12)10(2,3)7-11/h4-7H2,1-3H3. The van der Waals surface area contributed by atoms with Crippen LogP contribution in [-0.4, -0.2) is 29.7 Å². The summed E-state index contributed by atoms with van der Waals surface area (Å²) in [5.74, 6) is 0.424. The van der Waals surface area contributed by atoms with Crippen LogP contribution in [0.3, 0.4) is 0 Å². The molecule has 1 rings (SSSR count). The predicted octanol–water partition coefficient (Wildman–Crippen LogP) is 1.22. The van der Waals surface area contributed by atoms with E-state index in [0.717, 1.165) is 0 Å². The molecule has 0 spiro atoms. The summed E-state index contributed by atoms with van der Waals surface area (Å²) < 4.78 is 0. The lowest BCUT2D eigenvalue weighted by molar-refractivity contribution is -0.140. The van der Waals surface area contributed by atoms with Crippen molar-refractivity contribution >= 4 is 11.7 Å². The lowest BCUT2D eigenvalue weighted by atomic mass is 9.82. The Kier molecular flexibility index (Phi) is 2.74. The number of carbonyl (C=O) groups is 2. The van der Waals surface area contributed by atoms with Crippen LogP contribution in [0.5, 0.6) is 0 Å². The van der Waals surface area contributed by atoms with Crippen LogP contribution in [0.4, 0.5) is 0 Å². The zero-order valence-corrected chi connectivity index (χ0v) is 8.59. The molecule has 0 bridgehead atoms. The van der Waals surface area contributed by atoms with Crippen molar-refractivity contribution < 1.29 is 9.59 Å². The average molecular weight is 183 g/mol. The van der Waals surface area contributed by atoms with Crippen molar-refractivity contribution in [1.29, 1.82) is 0 Å². The van der Waals surface area contributed by atoms with Crippen molar-refractivity contribution in [3.05, 3.63) is 0 Å². The van der Waals surface area contributed by atoms with Gasteiger partial charge in [-0.15, -0.1) is 0 Å². The van der Waals surface area contributed by atoms with Gasteiger partial charge in [0.2, 0.25) is 5.91 Å². The number of hydrogen-bond donors (Lipinski definition) is 0. The van der Waals surface area contributed by atoms with Crippen LogP contribution < -0.4 is 0 Å². The smallest absolute Gasteiger partial charge is 0.222 e. The maximum Gasteiger partial charge on any atom is 0.222 e. The summed E-state index contributed by atoms with van der Waals surface area (Å²) in [5, 5.41) is 0. The Balaban J connectivity index is 2.66. The third kappa shape index (κ3) is 2.08. The quantitative estimate of drug-likeness (QED) is 0.613. The van der Waals surface area contributed by atoms with Gasteiger partial charge >= 0.3 is 0 Å². The zero-order chi connectivity index (χ0) is 10.1. The van der Waals surface area contributed by atoms with Gasteiger partial charge < -0.3 is 4.90 Å². The van der Waals surface area contributed by atoms with Gasteiger partial charge in [-0.25, -0.2) is 0 Å². The molecule has 0 unspecified atom stereocenters. The molecular weight excluding hydrogens is 166 g/mol. The molecule has 1 aliphatic rings. The van der Waals surface area contributed by atoms with Crippen LogP contribution in [0.25, 0.3) is 0 Å². The molecule has 0 atom stereocenters. The number of nitrogens with zero attached hydrogens (tertiary/aromatic N) is 1. The fraction of sp³-hybridized carbons (Fsp3) is 0.800. The van der Waals surface area contributed by atoms with Gasteiger partial charge in [0.05, 0.1) is 0 Å². The molecular formula is C10H17NO2. The fourth-order valence-electron chi connectivity index (χ4n) is 1.66.